The Balaban J connectivity index is 1.58. The Morgan fingerprint density at radius 1 is 1.07 bits per heavy atom. The van der Waals surface area contributed by atoms with E-state index >= 15 is 0 Å². The summed E-state index contributed by atoms with van der Waals surface area (Å²) in [6.07, 6.45) is 3.70. The first-order valence-corrected chi connectivity index (χ1v) is 10.1. The summed E-state index contributed by atoms with van der Waals surface area (Å²) in [7, 11) is 0. The van der Waals surface area contributed by atoms with Gasteiger partial charge in [0.1, 0.15) is 0 Å². The zero-order valence-electron chi connectivity index (χ0n) is 16.1. The van der Waals surface area contributed by atoms with Crippen LogP contribution in [0.1, 0.15) is 24.0 Å². The first-order chi connectivity index (χ1) is 14.3. The third-order valence-electron chi connectivity index (χ3n) is 5.65. The van der Waals surface area contributed by atoms with Gasteiger partial charge in [-0.15, -0.1) is 0 Å². The molecule has 6 nitrogen and oxygen atoms in total. The van der Waals surface area contributed by atoms with E-state index in [0.717, 1.165) is 47.5 Å². The Morgan fingerprint density at radius 2 is 2.00 bits per heavy atom. The Kier molecular flexibility index (Phi) is 4.69. The second kappa shape index (κ2) is 7.64. The highest BCUT2D eigenvalue weighted by molar-refractivity contribution is 5.82. The van der Waals surface area contributed by atoms with Crippen LogP contribution in [0.15, 0.2) is 60.8 Å². The summed E-state index contributed by atoms with van der Waals surface area (Å²) in [5, 5.41) is 6.52. The standard InChI is InChI=1S/C23H23N5O/c29-22-21-9-4-12-28(21)15-18-6-1-2-8-19(18)26-23-24-11-10-20(27-23)17-7-3-5-16(13-17)14-25-22/h1-3,5-8,10-11,13,21H,4,9,12,14-15H2,(H,25,29)(H,24,26,27)/t21-/m0/s1. The second-order valence-electron chi connectivity index (χ2n) is 7.59. The summed E-state index contributed by atoms with van der Waals surface area (Å²) < 4.78 is 0. The molecule has 6 heteroatoms. The number of nitrogens with zero attached hydrogens (tertiary/aromatic N) is 3. The number of nitrogens with one attached hydrogen (secondary N) is 2. The van der Waals surface area contributed by atoms with E-state index in [1.54, 1.807) is 6.20 Å². The number of carbonyl (C=O) groups excluding carboxylic acids is 1. The normalized spacial score (nSPS) is 19.2. The fourth-order valence-corrected chi connectivity index (χ4v) is 4.16. The quantitative estimate of drug-likeness (QED) is 0.620. The first kappa shape index (κ1) is 17.8. The van der Waals surface area contributed by atoms with Crippen molar-refractivity contribution in [3.05, 3.63) is 71.9 Å². The topological polar surface area (TPSA) is 70.1 Å². The number of anilines is 2. The molecule has 1 saturated heterocycles. The van der Waals surface area contributed by atoms with Gasteiger partial charge in [0.2, 0.25) is 11.9 Å². The average molecular weight is 385 g/mol. The van der Waals surface area contributed by atoms with Crippen LogP contribution in [0, 0.1) is 0 Å². The minimum absolute atomic E-state index is 0.0892. The summed E-state index contributed by atoms with van der Waals surface area (Å²) in [5.74, 6) is 0.677. The molecule has 3 heterocycles. The van der Waals surface area contributed by atoms with Crippen LogP contribution < -0.4 is 10.6 Å². The molecule has 2 aliphatic rings. The largest absolute Gasteiger partial charge is 0.351 e. The molecule has 146 valence electrons. The summed E-state index contributed by atoms with van der Waals surface area (Å²) >= 11 is 0. The lowest BCUT2D eigenvalue weighted by molar-refractivity contribution is -0.125. The highest BCUT2D eigenvalue weighted by Gasteiger charge is 2.31. The van der Waals surface area contributed by atoms with Gasteiger partial charge in [-0.3, -0.25) is 9.69 Å². The van der Waals surface area contributed by atoms with E-state index in [0.29, 0.717) is 19.0 Å². The maximum atomic E-state index is 12.9. The number of para-hydroxylation sites is 1. The fraction of sp³-hybridized carbons (Fsp3) is 0.261. The molecular weight excluding hydrogens is 362 g/mol. The minimum Gasteiger partial charge on any atom is -0.351 e. The number of hydrogen-bond donors (Lipinski definition) is 2. The highest BCUT2D eigenvalue weighted by Crippen LogP contribution is 2.27. The Bertz CT molecular complexity index is 1050. The van der Waals surface area contributed by atoms with Gasteiger partial charge >= 0.3 is 0 Å². The number of benzene rings is 2. The van der Waals surface area contributed by atoms with Crippen LogP contribution in [0.4, 0.5) is 11.6 Å². The van der Waals surface area contributed by atoms with Crippen LogP contribution in [0.5, 0.6) is 0 Å². The SMILES string of the molecule is O=C1NCc2cccc(c2)-c2ccnc(n2)Nc2ccccc2CN2CCC[C@@H]12. The summed E-state index contributed by atoms with van der Waals surface area (Å²) in [4.78, 5) is 24.3. The van der Waals surface area contributed by atoms with Gasteiger partial charge in [-0.05, 0) is 48.7 Å². The van der Waals surface area contributed by atoms with Gasteiger partial charge < -0.3 is 10.6 Å². The van der Waals surface area contributed by atoms with Gasteiger partial charge in [0.05, 0.1) is 11.7 Å². The molecule has 1 amide bonds. The summed E-state index contributed by atoms with van der Waals surface area (Å²) in [5.41, 5.74) is 5.03. The van der Waals surface area contributed by atoms with Crippen molar-refractivity contribution in [2.75, 3.05) is 11.9 Å². The monoisotopic (exact) mass is 385 g/mol. The van der Waals surface area contributed by atoms with Gasteiger partial charge in [0.15, 0.2) is 0 Å². The molecule has 0 unspecified atom stereocenters. The van der Waals surface area contributed by atoms with Gasteiger partial charge in [0.25, 0.3) is 0 Å². The molecule has 0 spiro atoms. The van der Waals surface area contributed by atoms with E-state index in [2.05, 4.69) is 32.7 Å². The van der Waals surface area contributed by atoms with E-state index < -0.39 is 0 Å². The van der Waals surface area contributed by atoms with Crippen molar-refractivity contribution in [3.63, 3.8) is 0 Å². The number of amides is 1. The van der Waals surface area contributed by atoms with Crippen LogP contribution in [-0.2, 0) is 17.9 Å². The van der Waals surface area contributed by atoms with E-state index in [1.165, 1.54) is 0 Å². The predicted octanol–water partition coefficient (Wildman–Crippen LogP) is 3.48. The number of hydrogen-bond acceptors (Lipinski definition) is 5. The van der Waals surface area contributed by atoms with Crippen LogP contribution in [-0.4, -0.2) is 33.4 Å². The summed E-state index contributed by atoms with van der Waals surface area (Å²) in [6, 6.07) is 18.1. The van der Waals surface area contributed by atoms with Crippen LogP contribution in [0.3, 0.4) is 0 Å². The molecule has 4 bridgehead atoms. The molecule has 29 heavy (non-hydrogen) atoms. The highest BCUT2D eigenvalue weighted by atomic mass is 16.2. The Morgan fingerprint density at radius 3 is 2.97 bits per heavy atom. The zero-order valence-corrected chi connectivity index (χ0v) is 16.1. The maximum absolute atomic E-state index is 12.9. The smallest absolute Gasteiger partial charge is 0.237 e. The average Bonchev–Trinajstić information content (AvgIpc) is 3.22. The van der Waals surface area contributed by atoms with Gasteiger partial charge in [0, 0.05) is 30.5 Å². The molecule has 1 aromatic heterocycles. The molecule has 0 aliphatic carbocycles. The van der Waals surface area contributed by atoms with Gasteiger partial charge in [-0.25, -0.2) is 9.97 Å². The van der Waals surface area contributed by atoms with Gasteiger partial charge in [-0.1, -0.05) is 36.4 Å². The molecule has 0 radical (unpaired) electrons. The van der Waals surface area contributed by atoms with E-state index in [-0.39, 0.29) is 11.9 Å². The van der Waals surface area contributed by atoms with Crippen LogP contribution in [0.2, 0.25) is 0 Å². The molecule has 3 aromatic rings. The van der Waals surface area contributed by atoms with Crippen molar-refractivity contribution in [1.82, 2.24) is 20.2 Å². The number of rotatable bonds is 0. The minimum atomic E-state index is -0.0892. The van der Waals surface area contributed by atoms with Crippen molar-refractivity contribution in [2.45, 2.75) is 32.0 Å². The van der Waals surface area contributed by atoms with Crippen molar-refractivity contribution in [3.8, 4) is 11.3 Å². The van der Waals surface area contributed by atoms with E-state index in [9.17, 15) is 4.79 Å². The molecular formula is C23H23N5O. The first-order valence-electron chi connectivity index (χ1n) is 10.1. The molecule has 2 aliphatic heterocycles. The maximum Gasteiger partial charge on any atom is 0.237 e. The van der Waals surface area contributed by atoms with Gasteiger partial charge in [-0.2, -0.15) is 0 Å². The van der Waals surface area contributed by atoms with Crippen molar-refractivity contribution in [1.29, 1.82) is 0 Å². The van der Waals surface area contributed by atoms with Crippen molar-refractivity contribution < 1.29 is 4.79 Å². The number of carbonyl (C=O) groups is 1. The lowest BCUT2D eigenvalue weighted by atomic mass is 10.1. The van der Waals surface area contributed by atoms with Crippen LogP contribution in [0.25, 0.3) is 11.3 Å². The van der Waals surface area contributed by atoms with E-state index in [1.807, 2.05) is 42.5 Å². The van der Waals surface area contributed by atoms with Crippen molar-refractivity contribution in [2.24, 2.45) is 0 Å². The molecule has 5 rings (SSSR count). The number of aromatic nitrogens is 2. The zero-order chi connectivity index (χ0) is 19.6. The van der Waals surface area contributed by atoms with Crippen LogP contribution >= 0.6 is 0 Å². The molecule has 0 saturated carbocycles. The predicted molar refractivity (Wildman–Crippen MR) is 112 cm³/mol. The molecule has 1 atom stereocenters. The Labute approximate surface area is 170 Å². The van der Waals surface area contributed by atoms with Crippen molar-refractivity contribution >= 4 is 17.5 Å². The Hall–Kier alpha value is -3.25. The lowest BCUT2D eigenvalue weighted by Crippen LogP contribution is -2.42. The summed E-state index contributed by atoms with van der Waals surface area (Å²) in [6.45, 7) is 2.16. The molecule has 2 aromatic carbocycles. The lowest BCUT2D eigenvalue weighted by Gasteiger charge is -2.25. The van der Waals surface area contributed by atoms with E-state index in [4.69, 9.17) is 4.98 Å². The molecule has 1 fully saturated rings. The molecule has 2 N–H and O–H groups in total. The third-order valence-corrected chi connectivity index (χ3v) is 5.65. The second-order valence-corrected chi connectivity index (χ2v) is 7.59. The fourth-order valence-electron chi connectivity index (χ4n) is 4.16. The number of fused-ring (bicyclic) bond motifs is 7. The third kappa shape index (κ3) is 3.71.